The number of nitrogens with two attached hydrogens (primary N) is 1. The second-order valence-electron chi connectivity index (χ2n) is 3.17. The Morgan fingerprint density at radius 2 is 2.20 bits per heavy atom. The van der Waals surface area contributed by atoms with E-state index in [-0.39, 0.29) is 10.7 Å². The topological polar surface area (TPSA) is 73.0 Å². The van der Waals surface area contributed by atoms with Gasteiger partial charge in [-0.05, 0) is 6.42 Å². The molecule has 0 aromatic carbocycles. The van der Waals surface area contributed by atoms with E-state index < -0.39 is 9.84 Å². The zero-order chi connectivity index (χ0) is 11.6. The highest BCUT2D eigenvalue weighted by molar-refractivity contribution is 7.90. The lowest BCUT2D eigenvalue weighted by atomic mass is 10.3. The van der Waals surface area contributed by atoms with E-state index in [9.17, 15) is 8.42 Å². The van der Waals surface area contributed by atoms with Gasteiger partial charge in [-0.15, -0.1) is 11.3 Å². The zero-order valence-corrected chi connectivity index (χ0v) is 10.9. The predicted molar refractivity (Wildman–Crippen MR) is 65.9 cm³/mol. The van der Waals surface area contributed by atoms with Gasteiger partial charge in [0.2, 0.25) is 0 Å². The largest absolute Gasteiger partial charge is 0.389 e. The molecule has 0 fully saturated rings. The van der Waals surface area contributed by atoms with Crippen LogP contribution in [0.5, 0.6) is 0 Å². The molecule has 1 aromatic rings. The summed E-state index contributed by atoms with van der Waals surface area (Å²) in [6.45, 7) is 1.93. The Bertz CT molecular complexity index is 476. The van der Waals surface area contributed by atoms with Crippen LogP contribution >= 0.6 is 23.6 Å². The number of aromatic nitrogens is 1. The summed E-state index contributed by atoms with van der Waals surface area (Å²) < 4.78 is 22.2. The smallest absolute Gasteiger partial charge is 0.153 e. The quantitative estimate of drug-likeness (QED) is 0.817. The molecule has 0 radical (unpaired) electrons. The van der Waals surface area contributed by atoms with E-state index in [0.29, 0.717) is 11.4 Å². The lowest BCUT2D eigenvalue weighted by Crippen LogP contribution is -2.09. The first-order chi connectivity index (χ1) is 6.83. The van der Waals surface area contributed by atoms with Crippen LogP contribution in [0.15, 0.2) is 0 Å². The van der Waals surface area contributed by atoms with Crippen LogP contribution in [0.3, 0.4) is 0 Å². The molecule has 0 saturated heterocycles. The first-order valence-electron chi connectivity index (χ1n) is 4.29. The van der Waals surface area contributed by atoms with Crippen molar-refractivity contribution in [2.24, 2.45) is 5.73 Å². The summed E-state index contributed by atoms with van der Waals surface area (Å²) in [6, 6.07) is 0. The van der Waals surface area contributed by atoms with Crippen LogP contribution in [-0.4, -0.2) is 24.6 Å². The van der Waals surface area contributed by atoms with Gasteiger partial charge in [0, 0.05) is 6.26 Å². The maximum Gasteiger partial charge on any atom is 0.153 e. The second-order valence-corrected chi connectivity index (χ2v) is 6.83. The number of hydrogen-bond donors (Lipinski definition) is 1. The number of hydrogen-bond acceptors (Lipinski definition) is 5. The molecule has 1 rings (SSSR count). The van der Waals surface area contributed by atoms with Crippen molar-refractivity contribution in [1.82, 2.24) is 4.98 Å². The highest BCUT2D eigenvalue weighted by Gasteiger charge is 2.15. The zero-order valence-electron chi connectivity index (χ0n) is 8.48. The molecular weight excluding hydrogens is 252 g/mol. The fourth-order valence-corrected chi connectivity index (χ4v) is 3.55. The highest BCUT2D eigenvalue weighted by Crippen LogP contribution is 2.20. The Morgan fingerprint density at radius 3 is 2.53 bits per heavy atom. The molecule has 0 bridgehead atoms. The van der Waals surface area contributed by atoms with Gasteiger partial charge >= 0.3 is 0 Å². The molecular formula is C8H12N2O2S3. The summed E-state index contributed by atoms with van der Waals surface area (Å²) in [4.78, 5) is 5.22. The highest BCUT2D eigenvalue weighted by atomic mass is 32.2. The molecule has 0 spiro atoms. The molecule has 2 N–H and O–H groups in total. The summed E-state index contributed by atoms with van der Waals surface area (Å²) in [5.41, 5.74) is 6.30. The van der Waals surface area contributed by atoms with Crippen molar-refractivity contribution in [2.45, 2.75) is 19.1 Å². The van der Waals surface area contributed by atoms with Crippen LogP contribution in [0.25, 0.3) is 0 Å². The summed E-state index contributed by atoms with van der Waals surface area (Å²) in [7, 11) is -3.05. The van der Waals surface area contributed by atoms with Crippen LogP contribution in [0.1, 0.15) is 22.5 Å². The molecule has 0 atom stereocenters. The molecule has 15 heavy (non-hydrogen) atoms. The van der Waals surface area contributed by atoms with E-state index in [1.54, 1.807) is 0 Å². The monoisotopic (exact) mass is 264 g/mol. The Morgan fingerprint density at radius 1 is 1.60 bits per heavy atom. The molecule has 0 amide bonds. The van der Waals surface area contributed by atoms with Gasteiger partial charge in [-0.3, -0.25) is 0 Å². The van der Waals surface area contributed by atoms with E-state index in [4.69, 9.17) is 18.0 Å². The molecule has 84 valence electrons. The van der Waals surface area contributed by atoms with Gasteiger partial charge in [0.25, 0.3) is 0 Å². The number of nitrogens with zero attached hydrogens (tertiary/aromatic N) is 1. The minimum atomic E-state index is -3.05. The maximum absolute atomic E-state index is 11.1. The Kier molecular flexibility index (Phi) is 3.80. The molecule has 7 heteroatoms. The fourth-order valence-electron chi connectivity index (χ4n) is 1.12. The number of rotatable bonds is 4. The molecule has 1 heterocycles. The molecule has 0 aliphatic heterocycles. The summed E-state index contributed by atoms with van der Waals surface area (Å²) in [5, 5.41) is 0.553. The molecule has 4 nitrogen and oxygen atoms in total. The van der Waals surface area contributed by atoms with Crippen molar-refractivity contribution in [1.29, 1.82) is 0 Å². The van der Waals surface area contributed by atoms with Gasteiger partial charge in [-0.25, -0.2) is 13.4 Å². The third-order valence-corrected chi connectivity index (χ3v) is 4.13. The molecule has 0 aliphatic rings. The van der Waals surface area contributed by atoms with Crippen LogP contribution in [0, 0.1) is 0 Å². The fraction of sp³-hybridized carbons (Fsp3) is 0.500. The van der Waals surface area contributed by atoms with E-state index in [2.05, 4.69) is 4.98 Å². The first kappa shape index (κ1) is 12.5. The van der Waals surface area contributed by atoms with Gasteiger partial charge in [-0.1, -0.05) is 19.1 Å². The van der Waals surface area contributed by atoms with E-state index in [1.807, 2.05) is 6.92 Å². The Hall–Kier alpha value is -0.530. The minimum Gasteiger partial charge on any atom is -0.389 e. The van der Waals surface area contributed by atoms with Crippen molar-refractivity contribution in [3.05, 3.63) is 15.6 Å². The lowest BCUT2D eigenvalue weighted by molar-refractivity contribution is 0.601. The number of aryl methyl sites for hydroxylation is 1. The van der Waals surface area contributed by atoms with Gasteiger partial charge in [-0.2, -0.15) is 0 Å². The van der Waals surface area contributed by atoms with Crippen molar-refractivity contribution >= 4 is 38.4 Å². The van der Waals surface area contributed by atoms with Crippen LogP contribution < -0.4 is 5.73 Å². The summed E-state index contributed by atoms with van der Waals surface area (Å²) in [6.07, 6.45) is 1.88. The molecule has 1 aromatic heterocycles. The number of thiocarbonyl (C=S) groups is 1. The molecule has 0 aliphatic carbocycles. The standard InChI is InChI=1S/C8H12N2O2S3/c1-3-5-7(8(9)13)14-6(10-5)4-15(2,11)12/h3-4H2,1-2H3,(H2,9,13). The van der Waals surface area contributed by atoms with Gasteiger partial charge < -0.3 is 5.73 Å². The Labute approximate surface area is 98.4 Å². The first-order valence-corrected chi connectivity index (χ1v) is 7.58. The summed E-state index contributed by atoms with van der Waals surface area (Å²) >= 11 is 6.13. The summed E-state index contributed by atoms with van der Waals surface area (Å²) in [5.74, 6) is -0.0483. The van der Waals surface area contributed by atoms with Crippen molar-refractivity contribution in [3.8, 4) is 0 Å². The van der Waals surface area contributed by atoms with E-state index in [0.717, 1.165) is 10.6 Å². The predicted octanol–water partition coefficient (Wildman–Crippen LogP) is 0.884. The average Bonchev–Trinajstić information content (AvgIpc) is 2.44. The van der Waals surface area contributed by atoms with Crippen LogP contribution in [0.4, 0.5) is 0 Å². The third kappa shape index (κ3) is 3.51. The van der Waals surface area contributed by atoms with Gasteiger partial charge in [0.1, 0.15) is 15.7 Å². The third-order valence-electron chi connectivity index (χ3n) is 1.69. The molecule has 0 saturated carbocycles. The SMILES string of the molecule is CCc1nc(CS(C)(=O)=O)sc1C(N)=S. The Balaban J connectivity index is 3.08. The van der Waals surface area contributed by atoms with Crippen LogP contribution in [-0.2, 0) is 22.0 Å². The van der Waals surface area contributed by atoms with Crippen molar-refractivity contribution in [2.75, 3.05) is 6.26 Å². The molecule has 0 unspecified atom stereocenters. The van der Waals surface area contributed by atoms with E-state index in [1.165, 1.54) is 17.6 Å². The number of sulfone groups is 1. The second kappa shape index (κ2) is 4.54. The average molecular weight is 264 g/mol. The maximum atomic E-state index is 11.1. The van der Waals surface area contributed by atoms with Gasteiger partial charge in [0.05, 0.1) is 10.6 Å². The number of thiazole rings is 1. The minimum absolute atomic E-state index is 0.0483. The van der Waals surface area contributed by atoms with Crippen molar-refractivity contribution < 1.29 is 8.42 Å². The van der Waals surface area contributed by atoms with Crippen molar-refractivity contribution in [3.63, 3.8) is 0 Å². The van der Waals surface area contributed by atoms with Gasteiger partial charge in [0.15, 0.2) is 9.84 Å². The normalized spacial score (nSPS) is 11.6. The van der Waals surface area contributed by atoms with E-state index >= 15 is 0 Å². The van der Waals surface area contributed by atoms with Crippen LogP contribution in [0.2, 0.25) is 0 Å². The lowest BCUT2D eigenvalue weighted by Gasteiger charge is -1.93.